The van der Waals surface area contributed by atoms with E-state index >= 15 is 0 Å². The second-order valence-corrected chi connectivity index (χ2v) is 5.15. The van der Waals surface area contributed by atoms with Crippen LogP contribution in [-0.4, -0.2) is 17.6 Å². The van der Waals surface area contributed by atoms with Crippen molar-refractivity contribution in [2.24, 2.45) is 14.1 Å². The molecule has 0 atom stereocenters. The van der Waals surface area contributed by atoms with E-state index in [1.165, 1.54) is 0 Å². The number of hydrogen-bond donors (Lipinski definition) is 0. The van der Waals surface area contributed by atoms with E-state index in [9.17, 15) is 4.79 Å². The average Bonchev–Trinajstić information content (AvgIpc) is 2.69. The Morgan fingerprint density at radius 3 is 2.68 bits per heavy atom. The number of nitrogens with zero attached hydrogens (tertiary/aromatic N) is 2. The summed E-state index contributed by atoms with van der Waals surface area (Å²) in [5.74, 6) is 0.0137. The average molecular weight is 295 g/mol. The summed E-state index contributed by atoms with van der Waals surface area (Å²) in [7, 11) is 5.77. The molecule has 98 valence electrons. The SMILES string of the molecule is Cn1cc[n+](C)c1[B-]CC(=O)c1ccc(Cl)c(Cl)c1. The van der Waals surface area contributed by atoms with Gasteiger partial charge in [-0.05, 0) is 18.2 Å². The Kier molecular flexibility index (Phi) is 4.33. The van der Waals surface area contributed by atoms with Crippen LogP contribution in [-0.2, 0) is 14.1 Å². The zero-order valence-electron chi connectivity index (χ0n) is 10.7. The smallest absolute Gasteiger partial charge is 0.125 e. The summed E-state index contributed by atoms with van der Waals surface area (Å²) in [5, 5.41) is 0.855. The summed E-state index contributed by atoms with van der Waals surface area (Å²) in [6.45, 7) is 0. The van der Waals surface area contributed by atoms with Crippen molar-refractivity contribution < 1.29 is 9.36 Å². The molecule has 0 saturated heterocycles. The van der Waals surface area contributed by atoms with Crippen LogP contribution in [0.2, 0.25) is 16.4 Å². The van der Waals surface area contributed by atoms with E-state index < -0.39 is 0 Å². The number of hydrogen-bond acceptors (Lipinski definition) is 1. The third-order valence-electron chi connectivity index (χ3n) is 2.95. The maximum atomic E-state index is 12.1. The van der Waals surface area contributed by atoms with Crippen LogP contribution in [0.5, 0.6) is 0 Å². The normalized spacial score (nSPS) is 10.7. The van der Waals surface area contributed by atoms with Crippen molar-refractivity contribution in [2.75, 3.05) is 0 Å². The van der Waals surface area contributed by atoms with Crippen LogP contribution in [0.1, 0.15) is 10.4 Å². The van der Waals surface area contributed by atoms with Gasteiger partial charge in [0.15, 0.2) is 0 Å². The highest BCUT2D eigenvalue weighted by atomic mass is 35.5. The highest BCUT2D eigenvalue weighted by Crippen LogP contribution is 2.23. The molecule has 0 saturated carbocycles. The Labute approximate surface area is 123 Å². The molecule has 0 bridgehead atoms. The number of carbonyl (C=O) groups is 1. The second-order valence-electron chi connectivity index (χ2n) is 4.34. The maximum absolute atomic E-state index is 12.1. The zero-order valence-corrected chi connectivity index (χ0v) is 12.2. The molecule has 0 aliphatic rings. The summed E-state index contributed by atoms with van der Waals surface area (Å²) in [6, 6.07) is 4.93. The summed E-state index contributed by atoms with van der Waals surface area (Å²) in [6.07, 6.45) is 4.20. The number of benzene rings is 1. The van der Waals surface area contributed by atoms with E-state index in [0.717, 1.165) is 5.72 Å². The molecule has 0 aliphatic heterocycles. The standard InChI is InChI=1S/C13H13BCl2N2O/c1-17-5-6-18(2)13(17)14-8-12(19)9-3-4-10(15)11(16)7-9/h3-7H,8H2,1-2H3. The number of aryl methyl sites for hydroxylation is 2. The Hall–Kier alpha value is -1.26. The fraction of sp³-hybridized carbons (Fsp3) is 0.231. The number of carbonyl (C=O) groups excluding carboxylic acids is 1. The highest BCUT2D eigenvalue weighted by Gasteiger charge is 2.06. The molecule has 3 nitrogen and oxygen atoms in total. The van der Waals surface area contributed by atoms with Gasteiger partial charge >= 0.3 is 0 Å². The van der Waals surface area contributed by atoms with E-state index in [4.69, 9.17) is 23.2 Å². The fourth-order valence-electron chi connectivity index (χ4n) is 1.86. The molecular weight excluding hydrogens is 282 g/mol. The Morgan fingerprint density at radius 2 is 2.11 bits per heavy atom. The highest BCUT2D eigenvalue weighted by molar-refractivity contribution is 6.55. The van der Waals surface area contributed by atoms with Crippen LogP contribution in [0.4, 0.5) is 0 Å². The number of rotatable bonds is 4. The lowest BCUT2D eigenvalue weighted by molar-refractivity contribution is -0.653. The molecule has 2 rings (SSSR count). The van der Waals surface area contributed by atoms with Crippen molar-refractivity contribution in [3.63, 3.8) is 0 Å². The minimum atomic E-state index is 0.0137. The van der Waals surface area contributed by atoms with Gasteiger partial charge in [-0.2, -0.15) is 13.6 Å². The molecule has 0 fully saturated rings. The molecule has 0 N–H and O–H groups in total. The van der Waals surface area contributed by atoms with E-state index in [-0.39, 0.29) is 5.78 Å². The van der Waals surface area contributed by atoms with E-state index in [1.807, 2.05) is 42.9 Å². The fourth-order valence-corrected chi connectivity index (χ4v) is 2.16. The number of halogens is 2. The van der Waals surface area contributed by atoms with Gasteiger partial charge in [0.05, 0.1) is 24.1 Å². The lowest BCUT2D eigenvalue weighted by atomic mass is 9.70. The van der Waals surface area contributed by atoms with Crippen LogP contribution in [0.25, 0.3) is 0 Å². The van der Waals surface area contributed by atoms with Crippen LogP contribution < -0.4 is 10.3 Å². The van der Waals surface area contributed by atoms with Crippen molar-refractivity contribution in [1.29, 1.82) is 0 Å². The zero-order chi connectivity index (χ0) is 14.0. The molecule has 19 heavy (non-hydrogen) atoms. The number of ketones is 1. The first kappa shape index (κ1) is 14.2. The molecule has 2 radical (unpaired) electrons. The molecule has 0 aliphatic carbocycles. The van der Waals surface area contributed by atoms with Crippen molar-refractivity contribution >= 4 is 42.0 Å². The summed E-state index contributed by atoms with van der Waals surface area (Å²) >= 11 is 11.7. The number of imidazole rings is 1. The third kappa shape index (κ3) is 3.20. The number of aromatic nitrogens is 2. The second kappa shape index (κ2) is 5.80. The van der Waals surface area contributed by atoms with Gasteiger partial charge in [0.2, 0.25) is 0 Å². The van der Waals surface area contributed by atoms with Gasteiger partial charge < -0.3 is 0 Å². The lowest BCUT2D eigenvalue weighted by Gasteiger charge is -2.12. The van der Waals surface area contributed by atoms with Gasteiger partial charge in [0.25, 0.3) is 0 Å². The molecule has 0 amide bonds. The summed E-state index contributed by atoms with van der Waals surface area (Å²) in [5.41, 5.74) is 1.55. The molecule has 2 aromatic rings. The molecule has 1 heterocycles. The molecular formula is C13H13BCl2N2O. The van der Waals surface area contributed by atoms with Crippen molar-refractivity contribution in [1.82, 2.24) is 4.57 Å². The first-order chi connectivity index (χ1) is 8.99. The van der Waals surface area contributed by atoms with Gasteiger partial charge in [0, 0.05) is 11.3 Å². The predicted molar refractivity (Wildman–Crippen MR) is 77.6 cm³/mol. The van der Waals surface area contributed by atoms with Crippen LogP contribution in [0.15, 0.2) is 30.6 Å². The van der Waals surface area contributed by atoms with Gasteiger partial charge in [-0.3, -0.25) is 13.9 Å². The third-order valence-corrected chi connectivity index (χ3v) is 3.69. The first-order valence-electron chi connectivity index (χ1n) is 5.81. The minimum Gasteiger partial charge on any atom is -0.298 e. The van der Waals surface area contributed by atoms with Gasteiger partial charge in [0.1, 0.15) is 18.2 Å². The van der Waals surface area contributed by atoms with Crippen molar-refractivity contribution in [3.8, 4) is 0 Å². The van der Waals surface area contributed by atoms with E-state index in [1.54, 1.807) is 18.2 Å². The van der Waals surface area contributed by atoms with Crippen LogP contribution in [0.3, 0.4) is 0 Å². The van der Waals surface area contributed by atoms with Crippen LogP contribution >= 0.6 is 23.2 Å². The topological polar surface area (TPSA) is 25.9 Å². The Morgan fingerprint density at radius 1 is 1.37 bits per heavy atom. The molecule has 1 aromatic carbocycles. The van der Waals surface area contributed by atoms with Crippen molar-refractivity contribution in [3.05, 3.63) is 46.2 Å². The van der Waals surface area contributed by atoms with E-state index in [2.05, 4.69) is 0 Å². The van der Waals surface area contributed by atoms with Crippen molar-refractivity contribution in [2.45, 2.75) is 6.32 Å². The van der Waals surface area contributed by atoms with Gasteiger partial charge in [-0.1, -0.05) is 23.2 Å². The molecule has 0 spiro atoms. The van der Waals surface area contributed by atoms with E-state index in [0.29, 0.717) is 21.9 Å². The minimum absolute atomic E-state index is 0.0137. The largest absolute Gasteiger partial charge is 0.298 e. The predicted octanol–water partition coefficient (Wildman–Crippen LogP) is 1.79. The number of Topliss-reactive ketones (excluding diaryl/α,β-unsaturated/α-hetero) is 1. The summed E-state index contributed by atoms with van der Waals surface area (Å²) < 4.78 is 3.92. The Bertz CT molecular complexity index is 606. The quantitative estimate of drug-likeness (QED) is 0.480. The molecule has 1 aromatic heterocycles. The van der Waals surface area contributed by atoms with Crippen LogP contribution in [0, 0.1) is 0 Å². The summed E-state index contributed by atoms with van der Waals surface area (Å²) in [4.78, 5) is 12.1. The molecule has 0 unspecified atom stereocenters. The lowest BCUT2D eigenvalue weighted by Crippen LogP contribution is -2.49. The first-order valence-corrected chi connectivity index (χ1v) is 6.57. The Balaban J connectivity index is 2.07. The monoisotopic (exact) mass is 294 g/mol. The maximum Gasteiger partial charge on any atom is 0.125 e. The van der Waals surface area contributed by atoms with Gasteiger partial charge in [-0.25, -0.2) is 0 Å². The van der Waals surface area contributed by atoms with Gasteiger partial charge in [-0.15, -0.1) is 0 Å². The molecule has 6 heteroatoms.